The van der Waals surface area contributed by atoms with E-state index in [1.807, 2.05) is 13.8 Å². The van der Waals surface area contributed by atoms with Gasteiger partial charge < -0.3 is 35.0 Å². The van der Waals surface area contributed by atoms with Gasteiger partial charge >= 0.3 is 6.03 Å². The Morgan fingerprint density at radius 2 is 1.70 bits per heavy atom. The topological polar surface area (TPSA) is 120 Å². The number of urea groups is 1. The second-order valence-corrected chi connectivity index (χ2v) is 12.8. The first-order valence-corrected chi connectivity index (χ1v) is 16.5. The maximum atomic E-state index is 14.3. The number of amides is 4. The molecule has 0 saturated heterocycles. The van der Waals surface area contributed by atoms with Crippen LogP contribution < -0.4 is 15.4 Å². The van der Waals surface area contributed by atoms with Gasteiger partial charge in [0.1, 0.15) is 11.6 Å². The van der Waals surface area contributed by atoms with Gasteiger partial charge in [-0.25, -0.2) is 9.18 Å². The fourth-order valence-electron chi connectivity index (χ4n) is 6.00. The van der Waals surface area contributed by atoms with Gasteiger partial charge in [-0.05, 0) is 88.4 Å². The van der Waals surface area contributed by atoms with Crippen LogP contribution in [-0.4, -0.2) is 84.4 Å². The number of halogens is 1. The van der Waals surface area contributed by atoms with Gasteiger partial charge in [0.15, 0.2) is 0 Å². The van der Waals surface area contributed by atoms with Crippen molar-refractivity contribution in [3.05, 3.63) is 53.8 Å². The Morgan fingerprint density at radius 1 is 1.02 bits per heavy atom. The zero-order valence-corrected chi connectivity index (χ0v) is 27.5. The lowest BCUT2D eigenvalue weighted by Gasteiger charge is -2.35. The number of anilines is 2. The van der Waals surface area contributed by atoms with E-state index >= 15 is 0 Å². The first-order valence-electron chi connectivity index (χ1n) is 16.5. The van der Waals surface area contributed by atoms with Crippen molar-refractivity contribution >= 4 is 29.2 Å². The minimum absolute atomic E-state index is 0.0276. The molecule has 0 aromatic heterocycles. The van der Waals surface area contributed by atoms with Crippen LogP contribution in [0.15, 0.2) is 42.5 Å². The summed E-state index contributed by atoms with van der Waals surface area (Å²) in [4.78, 5) is 43.3. The number of aliphatic hydroxyl groups is 1. The number of carbonyl (C=O) groups excluding carboxylic acids is 3. The predicted octanol–water partition coefficient (Wildman–Crippen LogP) is 5.91. The fraction of sp³-hybridized carbons (Fsp3) is 0.571. The van der Waals surface area contributed by atoms with Crippen molar-refractivity contribution in [2.24, 2.45) is 11.8 Å². The molecule has 1 aliphatic carbocycles. The van der Waals surface area contributed by atoms with E-state index in [2.05, 4.69) is 10.6 Å². The maximum absolute atomic E-state index is 14.3. The number of nitrogens with one attached hydrogen (secondary N) is 2. The lowest BCUT2D eigenvalue weighted by atomic mass is 10.0. The van der Waals surface area contributed by atoms with Crippen molar-refractivity contribution in [2.75, 3.05) is 44.0 Å². The van der Waals surface area contributed by atoms with E-state index < -0.39 is 18.0 Å². The average Bonchev–Trinajstić information content (AvgIpc) is 3.59. The molecule has 1 aliphatic heterocycles. The van der Waals surface area contributed by atoms with Crippen molar-refractivity contribution in [3.63, 3.8) is 0 Å². The highest BCUT2D eigenvalue weighted by atomic mass is 19.1. The Morgan fingerprint density at radius 3 is 2.39 bits per heavy atom. The molecular weight excluding hydrogens is 591 g/mol. The summed E-state index contributed by atoms with van der Waals surface area (Å²) in [5, 5.41) is 16.0. The van der Waals surface area contributed by atoms with Gasteiger partial charge in [-0.1, -0.05) is 19.8 Å². The Kier molecular flexibility index (Phi) is 12.8. The summed E-state index contributed by atoms with van der Waals surface area (Å²) in [6.45, 7) is 6.41. The van der Waals surface area contributed by atoms with Crippen LogP contribution in [0.25, 0.3) is 0 Å². The molecule has 4 amide bonds. The van der Waals surface area contributed by atoms with Crippen molar-refractivity contribution in [1.82, 2.24) is 9.80 Å². The normalized spacial score (nSPS) is 22.3. The molecular formula is C35H49FN4O6. The Bertz CT molecular complexity index is 1320. The minimum Gasteiger partial charge on any atom is -0.490 e. The van der Waals surface area contributed by atoms with Gasteiger partial charge in [-0.3, -0.25) is 9.59 Å². The lowest BCUT2D eigenvalue weighted by molar-refractivity contribution is -0.119. The van der Waals surface area contributed by atoms with Gasteiger partial charge in [0.2, 0.25) is 5.91 Å². The highest BCUT2D eigenvalue weighted by Crippen LogP contribution is 2.30. The van der Waals surface area contributed by atoms with Crippen LogP contribution in [0.2, 0.25) is 0 Å². The van der Waals surface area contributed by atoms with E-state index in [9.17, 15) is 23.9 Å². The molecule has 0 unspecified atom stereocenters. The largest absolute Gasteiger partial charge is 0.490 e. The molecule has 1 fully saturated rings. The van der Waals surface area contributed by atoms with E-state index in [-0.39, 0.29) is 55.5 Å². The number of nitrogens with zero attached hydrogens (tertiary/aromatic N) is 2. The number of hydrogen-bond acceptors (Lipinski definition) is 6. The van der Waals surface area contributed by atoms with Gasteiger partial charge in [-0.2, -0.15) is 0 Å². The fourth-order valence-corrected chi connectivity index (χ4v) is 6.00. The SMILES string of the molecule is C[C@H](CO)N1C[C@H](C)[C@H](CN(C)C(=O)Nc2ccc(F)cc2)OCCCC[C@H](C)Oc2ccc(NC(=O)C3CCCC3)cc2C1=O. The first kappa shape index (κ1) is 35.2. The van der Waals surface area contributed by atoms with E-state index in [1.54, 1.807) is 37.1 Å². The van der Waals surface area contributed by atoms with Crippen LogP contribution in [0.1, 0.15) is 76.1 Å². The average molecular weight is 641 g/mol. The molecule has 0 bridgehead atoms. The van der Waals surface area contributed by atoms with Gasteiger partial charge in [0.05, 0.1) is 30.4 Å². The van der Waals surface area contributed by atoms with Crippen molar-refractivity contribution in [3.8, 4) is 5.75 Å². The molecule has 2 aromatic carbocycles. The van der Waals surface area contributed by atoms with Gasteiger partial charge in [0.25, 0.3) is 5.91 Å². The smallest absolute Gasteiger partial charge is 0.321 e. The van der Waals surface area contributed by atoms with Gasteiger partial charge in [0, 0.05) is 50.0 Å². The number of rotatable bonds is 7. The summed E-state index contributed by atoms with van der Waals surface area (Å²) in [6.07, 6.45) is 5.59. The molecule has 2 aliphatic rings. The second kappa shape index (κ2) is 16.7. The number of carbonyl (C=O) groups is 3. The summed E-state index contributed by atoms with van der Waals surface area (Å²) in [7, 11) is 1.66. The molecule has 1 saturated carbocycles. The van der Waals surface area contributed by atoms with Crippen LogP contribution in [0.4, 0.5) is 20.6 Å². The zero-order valence-electron chi connectivity index (χ0n) is 27.5. The second-order valence-electron chi connectivity index (χ2n) is 12.8. The molecule has 1 heterocycles. The third-order valence-corrected chi connectivity index (χ3v) is 8.94. The van der Waals surface area contributed by atoms with E-state index in [0.717, 1.165) is 44.9 Å². The molecule has 252 valence electrons. The Balaban J connectivity index is 1.57. The van der Waals surface area contributed by atoms with E-state index in [0.29, 0.717) is 29.3 Å². The summed E-state index contributed by atoms with van der Waals surface area (Å²) >= 11 is 0. The first-order chi connectivity index (χ1) is 22.0. The van der Waals surface area contributed by atoms with Crippen LogP contribution >= 0.6 is 0 Å². The zero-order chi connectivity index (χ0) is 33.2. The van der Waals surface area contributed by atoms with Crippen molar-refractivity contribution < 1.29 is 33.4 Å². The van der Waals surface area contributed by atoms with Crippen molar-refractivity contribution in [2.45, 2.75) is 84.0 Å². The molecule has 0 spiro atoms. The number of likely N-dealkylation sites (N-methyl/N-ethyl adjacent to an activating group) is 1. The molecule has 46 heavy (non-hydrogen) atoms. The number of benzene rings is 2. The van der Waals surface area contributed by atoms with Crippen molar-refractivity contribution in [1.29, 1.82) is 0 Å². The lowest BCUT2D eigenvalue weighted by Crippen LogP contribution is -2.48. The number of hydrogen-bond donors (Lipinski definition) is 3. The van der Waals surface area contributed by atoms with Crippen LogP contribution in [-0.2, 0) is 9.53 Å². The molecule has 3 N–H and O–H groups in total. The summed E-state index contributed by atoms with van der Waals surface area (Å²) in [5.41, 5.74) is 1.32. The van der Waals surface area contributed by atoms with E-state index in [1.165, 1.54) is 29.2 Å². The van der Waals surface area contributed by atoms with Gasteiger partial charge in [-0.15, -0.1) is 0 Å². The monoisotopic (exact) mass is 640 g/mol. The summed E-state index contributed by atoms with van der Waals surface area (Å²) in [6, 6.07) is 9.85. The maximum Gasteiger partial charge on any atom is 0.321 e. The predicted molar refractivity (Wildman–Crippen MR) is 176 cm³/mol. The standard InChI is InChI=1S/C35H49FN4O6/c1-23-20-40(24(2)22-41)34(43)30-19-29(37-33(42)26-10-5-6-11-26)16-17-31(30)46-25(3)9-7-8-18-45-32(23)21-39(4)35(44)38-28-14-12-27(36)13-15-28/h12-17,19,23-26,32,41H,5-11,18,20-22H2,1-4H3,(H,37,42)(H,38,44)/t23-,24+,25-,32-/m0/s1. The minimum atomic E-state index is -0.523. The highest BCUT2D eigenvalue weighted by molar-refractivity contribution is 6.00. The molecule has 4 atom stereocenters. The summed E-state index contributed by atoms with van der Waals surface area (Å²) in [5.74, 6) is -0.581. The van der Waals surface area contributed by atoms with Crippen LogP contribution in [0.5, 0.6) is 5.75 Å². The molecule has 2 aromatic rings. The Labute approximate surface area is 271 Å². The third-order valence-electron chi connectivity index (χ3n) is 8.94. The van der Waals surface area contributed by atoms with E-state index in [4.69, 9.17) is 9.47 Å². The number of fused-ring (bicyclic) bond motifs is 1. The molecule has 11 heteroatoms. The highest BCUT2D eigenvalue weighted by Gasteiger charge is 2.31. The van der Waals surface area contributed by atoms with Crippen LogP contribution in [0, 0.1) is 17.7 Å². The van der Waals surface area contributed by atoms with Crippen LogP contribution in [0.3, 0.4) is 0 Å². The third kappa shape index (κ3) is 9.65. The quantitative estimate of drug-likeness (QED) is 0.346. The molecule has 0 radical (unpaired) electrons. The molecule has 4 rings (SSSR count). The Hall–Kier alpha value is -3.70. The summed E-state index contributed by atoms with van der Waals surface area (Å²) < 4.78 is 26.0. The molecule has 10 nitrogen and oxygen atoms in total. The number of aliphatic hydroxyl groups excluding tert-OH is 1. The number of ether oxygens (including phenoxy) is 2.